The van der Waals surface area contributed by atoms with Crippen molar-refractivity contribution in [1.29, 1.82) is 0 Å². The van der Waals surface area contributed by atoms with E-state index in [-0.39, 0.29) is 24.0 Å². The Hall–Kier alpha value is -1.85. The Labute approximate surface area is 147 Å². The molecule has 1 aliphatic heterocycles. The maximum atomic E-state index is 12.0. The Bertz CT molecular complexity index is 786. The number of piperidine rings is 1. The molecule has 0 amide bonds. The first-order valence-electron chi connectivity index (χ1n) is 8.84. The van der Waals surface area contributed by atoms with Crippen LogP contribution in [0.25, 0.3) is 0 Å². The maximum Gasteiger partial charge on any atom is 0.159 e. The molecule has 1 aromatic carbocycles. The average molecular weight is 343 g/mol. The summed E-state index contributed by atoms with van der Waals surface area (Å²) in [6.07, 6.45) is 1.99. The molecule has 25 heavy (non-hydrogen) atoms. The minimum absolute atomic E-state index is 0.0652. The van der Waals surface area contributed by atoms with Crippen LogP contribution in [-0.4, -0.2) is 53.2 Å². The number of ketones is 1. The summed E-state index contributed by atoms with van der Waals surface area (Å²) in [6.45, 7) is 2.32. The van der Waals surface area contributed by atoms with E-state index in [4.69, 9.17) is 4.74 Å². The number of allylic oxidation sites excluding steroid dienone is 1. The lowest BCUT2D eigenvalue weighted by Gasteiger charge is -2.63. The number of rotatable bonds is 2. The quantitative estimate of drug-likeness (QED) is 0.861. The second-order valence-electron chi connectivity index (χ2n) is 7.81. The van der Waals surface area contributed by atoms with Gasteiger partial charge >= 0.3 is 0 Å². The van der Waals surface area contributed by atoms with Crippen molar-refractivity contribution >= 4 is 5.78 Å². The number of ether oxygens (including phenoxy) is 1. The Morgan fingerprint density at radius 2 is 2.12 bits per heavy atom. The van der Waals surface area contributed by atoms with Crippen LogP contribution in [0.3, 0.4) is 0 Å². The van der Waals surface area contributed by atoms with E-state index in [0.29, 0.717) is 12.0 Å². The number of carbonyl (C=O) groups excluding carboxylic acids is 1. The third-order valence-corrected chi connectivity index (χ3v) is 6.74. The topological polar surface area (TPSA) is 70.0 Å². The van der Waals surface area contributed by atoms with Gasteiger partial charge in [-0.1, -0.05) is 6.07 Å². The van der Waals surface area contributed by atoms with Gasteiger partial charge in [-0.2, -0.15) is 0 Å². The predicted octanol–water partition coefficient (Wildman–Crippen LogP) is 2.12. The SMILES string of the molecule is COc1ccc2c(c1)[C@@]13CCN(C)C(C2)[C@@]1(O)CC(C(C)=O)=C(O)C3. The highest BCUT2D eigenvalue weighted by Gasteiger charge is 2.64. The van der Waals surface area contributed by atoms with Crippen LogP contribution in [-0.2, 0) is 16.6 Å². The minimum atomic E-state index is -1.06. The zero-order valence-electron chi connectivity index (χ0n) is 15.0. The molecule has 5 heteroatoms. The first kappa shape index (κ1) is 16.6. The van der Waals surface area contributed by atoms with Crippen LogP contribution in [0.2, 0.25) is 0 Å². The summed E-state index contributed by atoms with van der Waals surface area (Å²) in [5.74, 6) is 0.739. The van der Waals surface area contributed by atoms with Gasteiger partial charge in [0, 0.05) is 29.9 Å². The summed E-state index contributed by atoms with van der Waals surface area (Å²) in [4.78, 5) is 14.2. The monoisotopic (exact) mass is 343 g/mol. The van der Waals surface area contributed by atoms with Gasteiger partial charge in [0.15, 0.2) is 5.78 Å². The standard InChI is InChI=1S/C20H25NO4/c1-12(22)15-10-20(24)18-8-13-4-5-14(25-3)9-16(13)19(20,11-17(15)23)6-7-21(18)2/h4-5,9,18,23-24H,6-8,10-11H2,1-3H3/t18?,19-,20-/m0/s1. The van der Waals surface area contributed by atoms with Crippen LogP contribution in [0.1, 0.15) is 37.3 Å². The van der Waals surface area contributed by atoms with Crippen LogP contribution < -0.4 is 4.74 Å². The molecular formula is C20H25NO4. The van der Waals surface area contributed by atoms with Crippen molar-refractivity contribution in [3.05, 3.63) is 40.7 Å². The van der Waals surface area contributed by atoms with Crippen molar-refractivity contribution in [3.63, 3.8) is 0 Å². The van der Waals surface area contributed by atoms with E-state index in [0.717, 1.165) is 30.7 Å². The Kier molecular flexibility index (Phi) is 3.54. The summed E-state index contributed by atoms with van der Waals surface area (Å²) in [7, 11) is 3.67. The lowest BCUT2D eigenvalue weighted by molar-refractivity contribution is -0.150. The fourth-order valence-electron chi connectivity index (χ4n) is 5.35. The highest BCUT2D eigenvalue weighted by molar-refractivity contribution is 5.94. The highest BCUT2D eigenvalue weighted by atomic mass is 16.5. The molecule has 3 aliphatic rings. The van der Waals surface area contributed by atoms with Gasteiger partial charge in [-0.15, -0.1) is 0 Å². The van der Waals surface area contributed by atoms with Gasteiger partial charge in [0.2, 0.25) is 0 Å². The number of Topliss-reactive ketones (excluding diaryl/α,β-unsaturated/α-hetero) is 1. The Morgan fingerprint density at radius 1 is 1.36 bits per heavy atom. The summed E-state index contributed by atoms with van der Waals surface area (Å²) < 4.78 is 5.41. The van der Waals surface area contributed by atoms with Gasteiger partial charge in [-0.25, -0.2) is 0 Å². The molecule has 134 valence electrons. The average Bonchev–Trinajstić information content (AvgIpc) is 2.58. The summed E-state index contributed by atoms with van der Waals surface area (Å²) in [5.41, 5.74) is 1.00. The molecule has 0 aromatic heterocycles. The van der Waals surface area contributed by atoms with Gasteiger partial charge in [0.1, 0.15) is 11.5 Å². The van der Waals surface area contributed by atoms with Crippen LogP contribution in [0.4, 0.5) is 0 Å². The summed E-state index contributed by atoms with van der Waals surface area (Å²) in [6, 6.07) is 5.97. The van der Waals surface area contributed by atoms with E-state index in [1.54, 1.807) is 7.11 Å². The fourth-order valence-corrected chi connectivity index (χ4v) is 5.35. The molecule has 2 N–H and O–H groups in total. The smallest absolute Gasteiger partial charge is 0.159 e. The maximum absolute atomic E-state index is 12.0. The predicted molar refractivity (Wildman–Crippen MR) is 93.9 cm³/mol. The number of aliphatic hydroxyl groups is 2. The number of hydrogen-bond donors (Lipinski definition) is 2. The molecule has 1 saturated heterocycles. The lowest BCUT2D eigenvalue weighted by Crippen LogP contribution is -2.72. The number of nitrogens with zero attached hydrogens (tertiary/aromatic N) is 1. The van der Waals surface area contributed by atoms with Crippen molar-refractivity contribution in [1.82, 2.24) is 4.90 Å². The highest BCUT2D eigenvalue weighted by Crippen LogP contribution is 2.59. The number of hydrogen-bond acceptors (Lipinski definition) is 5. The number of benzene rings is 1. The van der Waals surface area contributed by atoms with E-state index in [1.165, 1.54) is 12.5 Å². The Morgan fingerprint density at radius 3 is 2.80 bits per heavy atom. The van der Waals surface area contributed by atoms with E-state index in [1.807, 2.05) is 19.2 Å². The van der Waals surface area contributed by atoms with Gasteiger partial charge in [-0.3, -0.25) is 4.79 Å². The normalized spacial score (nSPS) is 34.3. The number of methoxy groups -OCH3 is 1. The number of likely N-dealkylation sites (N-methyl/N-ethyl adjacent to an activating group) is 1. The van der Waals surface area contributed by atoms with Crippen molar-refractivity contribution in [2.45, 2.75) is 49.7 Å². The molecule has 3 atom stereocenters. The minimum Gasteiger partial charge on any atom is -0.512 e. The zero-order valence-corrected chi connectivity index (χ0v) is 15.0. The van der Waals surface area contributed by atoms with Gasteiger partial charge in [-0.05, 0) is 56.6 Å². The van der Waals surface area contributed by atoms with Crippen LogP contribution in [0.15, 0.2) is 29.5 Å². The molecule has 5 nitrogen and oxygen atoms in total. The largest absolute Gasteiger partial charge is 0.512 e. The van der Waals surface area contributed by atoms with Crippen LogP contribution in [0, 0.1) is 0 Å². The number of aliphatic hydroxyl groups excluding tert-OH is 1. The van der Waals surface area contributed by atoms with Gasteiger partial charge in [0.25, 0.3) is 0 Å². The summed E-state index contributed by atoms with van der Waals surface area (Å²) >= 11 is 0. The van der Waals surface area contributed by atoms with Crippen LogP contribution >= 0.6 is 0 Å². The molecule has 1 fully saturated rings. The van der Waals surface area contributed by atoms with Crippen molar-refractivity contribution in [2.24, 2.45) is 0 Å². The van der Waals surface area contributed by atoms with E-state index < -0.39 is 11.0 Å². The van der Waals surface area contributed by atoms with Gasteiger partial charge in [0.05, 0.1) is 12.7 Å². The molecular weight excluding hydrogens is 318 g/mol. The molecule has 1 aromatic rings. The van der Waals surface area contributed by atoms with Crippen molar-refractivity contribution < 1.29 is 19.7 Å². The van der Waals surface area contributed by atoms with Crippen molar-refractivity contribution in [2.75, 3.05) is 20.7 Å². The molecule has 2 bridgehead atoms. The second kappa shape index (κ2) is 5.32. The first-order chi connectivity index (χ1) is 11.8. The van der Waals surface area contributed by atoms with E-state index in [9.17, 15) is 15.0 Å². The summed E-state index contributed by atoms with van der Waals surface area (Å²) in [5, 5.41) is 22.5. The lowest BCUT2D eigenvalue weighted by atomic mass is 9.49. The molecule has 0 saturated carbocycles. The Balaban J connectivity index is 1.97. The number of carbonyl (C=O) groups is 1. The molecule has 1 unspecified atom stereocenters. The molecule has 2 aliphatic carbocycles. The molecule has 1 heterocycles. The third-order valence-electron chi connectivity index (χ3n) is 6.74. The molecule has 4 rings (SSSR count). The first-order valence-corrected chi connectivity index (χ1v) is 8.84. The van der Waals surface area contributed by atoms with Crippen LogP contribution in [0.5, 0.6) is 5.75 Å². The number of fused-ring (bicyclic) bond motifs is 1. The molecule has 0 radical (unpaired) electrons. The zero-order chi connectivity index (χ0) is 18.0. The van der Waals surface area contributed by atoms with Crippen molar-refractivity contribution in [3.8, 4) is 5.75 Å². The van der Waals surface area contributed by atoms with E-state index in [2.05, 4.69) is 11.0 Å². The van der Waals surface area contributed by atoms with E-state index >= 15 is 0 Å². The fraction of sp³-hybridized carbons (Fsp3) is 0.550. The molecule has 0 spiro atoms. The number of likely N-dealkylation sites (tertiary alicyclic amines) is 1. The third kappa shape index (κ3) is 2.06. The van der Waals surface area contributed by atoms with Gasteiger partial charge < -0.3 is 19.8 Å². The second-order valence-corrected chi connectivity index (χ2v) is 7.81.